The summed E-state index contributed by atoms with van der Waals surface area (Å²) in [4.78, 5) is 27.4. The zero-order chi connectivity index (χ0) is 17.4. The molecular weight excluding hydrogens is 316 g/mol. The zero-order valence-electron chi connectivity index (χ0n) is 14.7. The van der Waals surface area contributed by atoms with Crippen molar-refractivity contribution in [3.05, 3.63) is 35.4 Å². The topological polar surface area (TPSA) is 58.6 Å². The molecule has 1 aliphatic carbocycles. The normalized spacial score (nSPS) is 31.9. The Labute approximate surface area is 148 Å². The number of fused-ring (bicyclic) bond motifs is 2. The second-order valence-corrected chi connectivity index (χ2v) is 7.51. The van der Waals surface area contributed by atoms with Crippen LogP contribution >= 0.6 is 0 Å². The van der Waals surface area contributed by atoms with Gasteiger partial charge in [-0.15, -0.1) is 0 Å². The van der Waals surface area contributed by atoms with Crippen LogP contribution in [0, 0.1) is 5.92 Å². The number of carbonyl (C=O) groups is 2. The Balaban J connectivity index is 1.51. The van der Waals surface area contributed by atoms with Crippen LogP contribution in [0.15, 0.2) is 24.3 Å². The molecule has 0 radical (unpaired) electrons. The molecule has 5 heteroatoms. The van der Waals surface area contributed by atoms with E-state index in [1.54, 1.807) is 4.90 Å². The summed E-state index contributed by atoms with van der Waals surface area (Å²) in [6, 6.07) is 8.00. The quantitative estimate of drug-likeness (QED) is 0.899. The maximum Gasteiger partial charge on any atom is 0.243 e. The second kappa shape index (κ2) is 6.79. The molecule has 2 saturated heterocycles. The van der Waals surface area contributed by atoms with E-state index in [2.05, 4.69) is 23.5 Å². The van der Waals surface area contributed by atoms with E-state index in [0.29, 0.717) is 13.0 Å². The van der Waals surface area contributed by atoms with E-state index in [4.69, 9.17) is 4.74 Å². The van der Waals surface area contributed by atoms with Gasteiger partial charge in [0.05, 0.1) is 6.04 Å². The Morgan fingerprint density at radius 1 is 1.20 bits per heavy atom. The monoisotopic (exact) mass is 342 g/mol. The molecular formula is C20H26N2O3. The summed E-state index contributed by atoms with van der Waals surface area (Å²) in [6.45, 7) is 2.52. The summed E-state index contributed by atoms with van der Waals surface area (Å²) in [7, 11) is 0. The lowest BCUT2D eigenvalue weighted by atomic mass is 9.87. The third-order valence-electron chi connectivity index (χ3n) is 5.86. The summed E-state index contributed by atoms with van der Waals surface area (Å²) in [5.74, 6) is -0.0479. The third-order valence-corrected chi connectivity index (χ3v) is 5.86. The molecule has 0 aromatic heterocycles. The fourth-order valence-corrected chi connectivity index (χ4v) is 4.43. The number of carbonyl (C=O) groups excluding carboxylic acids is 2. The van der Waals surface area contributed by atoms with E-state index in [-0.39, 0.29) is 30.0 Å². The van der Waals surface area contributed by atoms with Gasteiger partial charge in [0.1, 0.15) is 12.3 Å². The second-order valence-electron chi connectivity index (χ2n) is 7.51. The highest BCUT2D eigenvalue weighted by molar-refractivity contribution is 5.89. The molecule has 1 aromatic carbocycles. The van der Waals surface area contributed by atoms with Crippen LogP contribution in [0.4, 0.5) is 0 Å². The molecule has 25 heavy (non-hydrogen) atoms. The van der Waals surface area contributed by atoms with Gasteiger partial charge in [0, 0.05) is 12.5 Å². The first-order valence-corrected chi connectivity index (χ1v) is 9.47. The van der Waals surface area contributed by atoms with Gasteiger partial charge in [-0.3, -0.25) is 9.59 Å². The number of hydrogen-bond donors (Lipinski definition) is 1. The van der Waals surface area contributed by atoms with E-state index in [1.807, 2.05) is 13.0 Å². The number of benzene rings is 1. The molecule has 1 N–H and O–H groups in total. The Morgan fingerprint density at radius 3 is 2.92 bits per heavy atom. The first kappa shape index (κ1) is 16.6. The van der Waals surface area contributed by atoms with Crippen molar-refractivity contribution in [2.75, 3.05) is 6.61 Å². The van der Waals surface area contributed by atoms with Crippen molar-refractivity contribution in [3.8, 4) is 0 Å². The molecule has 2 amide bonds. The fourth-order valence-electron chi connectivity index (χ4n) is 4.43. The first-order chi connectivity index (χ1) is 12.1. The number of aryl methyl sites for hydroxylation is 1. The average molecular weight is 342 g/mol. The summed E-state index contributed by atoms with van der Waals surface area (Å²) >= 11 is 0. The van der Waals surface area contributed by atoms with Crippen LogP contribution in [0.2, 0.25) is 0 Å². The number of nitrogens with one attached hydrogen (secondary N) is 1. The van der Waals surface area contributed by atoms with Gasteiger partial charge in [-0.2, -0.15) is 0 Å². The van der Waals surface area contributed by atoms with Crippen LogP contribution in [-0.2, 0) is 20.7 Å². The number of rotatable bonds is 2. The van der Waals surface area contributed by atoms with Crippen molar-refractivity contribution in [1.29, 1.82) is 0 Å². The molecule has 2 heterocycles. The van der Waals surface area contributed by atoms with Crippen LogP contribution in [-0.4, -0.2) is 35.6 Å². The minimum Gasteiger partial charge on any atom is -0.358 e. The molecule has 4 rings (SSSR count). The molecule has 1 unspecified atom stereocenters. The number of hydrogen-bond acceptors (Lipinski definition) is 3. The van der Waals surface area contributed by atoms with E-state index in [9.17, 15) is 9.59 Å². The van der Waals surface area contributed by atoms with Crippen molar-refractivity contribution >= 4 is 11.8 Å². The minimum absolute atomic E-state index is 0.0322. The smallest absolute Gasteiger partial charge is 0.243 e. The first-order valence-electron chi connectivity index (χ1n) is 9.47. The summed E-state index contributed by atoms with van der Waals surface area (Å²) in [6.07, 6.45) is 5.05. The summed E-state index contributed by atoms with van der Waals surface area (Å²) in [5, 5.41) is 3.22. The van der Waals surface area contributed by atoms with Crippen LogP contribution < -0.4 is 5.32 Å². The molecule has 0 bridgehead atoms. The van der Waals surface area contributed by atoms with Crippen molar-refractivity contribution in [2.24, 2.45) is 5.92 Å². The molecule has 3 aliphatic rings. The van der Waals surface area contributed by atoms with Crippen molar-refractivity contribution in [2.45, 2.75) is 63.8 Å². The van der Waals surface area contributed by atoms with Gasteiger partial charge in [0.2, 0.25) is 11.8 Å². The number of amides is 2. The van der Waals surface area contributed by atoms with Crippen LogP contribution in [0.25, 0.3) is 0 Å². The van der Waals surface area contributed by atoms with Crippen molar-refractivity contribution in [3.63, 3.8) is 0 Å². The molecule has 2 fully saturated rings. The van der Waals surface area contributed by atoms with E-state index in [1.165, 1.54) is 11.1 Å². The molecule has 0 spiro atoms. The predicted molar refractivity (Wildman–Crippen MR) is 93.7 cm³/mol. The number of ether oxygens (including phenoxy) is 1. The minimum atomic E-state index is -0.396. The maximum absolute atomic E-state index is 13.0. The highest BCUT2D eigenvalue weighted by atomic mass is 16.5. The van der Waals surface area contributed by atoms with E-state index in [0.717, 1.165) is 32.1 Å². The fraction of sp³-hybridized carbons (Fsp3) is 0.600. The standard InChI is InChI=1S/C20H26N2O3/c1-13-11-12-25-18-10-9-17(22(18)20(13)24)19(23)21-16-8-4-6-14-5-2-3-7-15(14)16/h2-3,5,7,13,16-18H,4,6,8-12H2,1H3,(H,21,23)/t13-,16+,17?,18-/m0/s1. The van der Waals surface area contributed by atoms with Gasteiger partial charge in [-0.1, -0.05) is 31.2 Å². The summed E-state index contributed by atoms with van der Waals surface area (Å²) < 4.78 is 5.82. The number of nitrogens with zero attached hydrogens (tertiary/aromatic N) is 1. The summed E-state index contributed by atoms with van der Waals surface area (Å²) in [5.41, 5.74) is 2.55. The van der Waals surface area contributed by atoms with Crippen LogP contribution in [0.3, 0.4) is 0 Å². The van der Waals surface area contributed by atoms with Crippen LogP contribution in [0.1, 0.15) is 56.2 Å². The van der Waals surface area contributed by atoms with Gasteiger partial charge in [0.15, 0.2) is 0 Å². The Kier molecular flexibility index (Phi) is 4.50. The molecule has 1 aromatic rings. The lowest BCUT2D eigenvalue weighted by Crippen LogP contribution is -2.50. The average Bonchev–Trinajstić information content (AvgIpc) is 2.99. The van der Waals surface area contributed by atoms with Crippen LogP contribution in [0.5, 0.6) is 0 Å². The SMILES string of the molecule is C[C@H]1CCO[C@H]2CCC(C(=O)N[C@@H]3CCCc4ccccc43)N2C1=O. The Morgan fingerprint density at radius 2 is 2.04 bits per heavy atom. The van der Waals surface area contributed by atoms with Gasteiger partial charge in [-0.05, 0) is 49.7 Å². The third kappa shape index (κ3) is 3.06. The van der Waals surface area contributed by atoms with Gasteiger partial charge < -0.3 is 15.0 Å². The van der Waals surface area contributed by atoms with Gasteiger partial charge in [-0.25, -0.2) is 0 Å². The Hall–Kier alpha value is -1.88. The highest BCUT2D eigenvalue weighted by Crippen LogP contribution is 2.33. The molecule has 0 saturated carbocycles. The van der Waals surface area contributed by atoms with E-state index < -0.39 is 6.04 Å². The zero-order valence-corrected chi connectivity index (χ0v) is 14.7. The lowest BCUT2D eigenvalue weighted by Gasteiger charge is -2.31. The largest absolute Gasteiger partial charge is 0.358 e. The predicted octanol–water partition coefficient (Wildman–Crippen LogP) is 2.55. The van der Waals surface area contributed by atoms with Gasteiger partial charge in [0.25, 0.3) is 0 Å². The van der Waals surface area contributed by atoms with Gasteiger partial charge >= 0.3 is 0 Å². The van der Waals surface area contributed by atoms with Crippen molar-refractivity contribution < 1.29 is 14.3 Å². The highest BCUT2D eigenvalue weighted by Gasteiger charge is 2.44. The molecule has 5 nitrogen and oxygen atoms in total. The molecule has 2 aliphatic heterocycles. The van der Waals surface area contributed by atoms with Crippen molar-refractivity contribution in [1.82, 2.24) is 10.2 Å². The Bertz CT molecular complexity index is 675. The maximum atomic E-state index is 13.0. The molecule has 4 atom stereocenters. The molecule has 134 valence electrons. The van der Waals surface area contributed by atoms with E-state index >= 15 is 0 Å². The lowest BCUT2D eigenvalue weighted by molar-refractivity contribution is -0.149.